The fourth-order valence-electron chi connectivity index (χ4n) is 1.61. The molecule has 0 saturated heterocycles. The van der Waals surface area contributed by atoms with Crippen molar-refractivity contribution in [3.63, 3.8) is 0 Å². The van der Waals surface area contributed by atoms with Gasteiger partial charge in [0.1, 0.15) is 5.75 Å². The van der Waals surface area contributed by atoms with Crippen LogP contribution >= 0.6 is 34.8 Å². The number of nitrogens with zero attached hydrogens (tertiary/aromatic N) is 1. The molecule has 0 amide bonds. The van der Waals surface area contributed by atoms with Gasteiger partial charge in [0.2, 0.25) is 0 Å². The molecule has 8 heteroatoms. The van der Waals surface area contributed by atoms with Crippen LogP contribution in [0, 0.1) is 0 Å². The van der Waals surface area contributed by atoms with Gasteiger partial charge >= 0.3 is 6.18 Å². The Kier molecular flexibility index (Phi) is 4.90. The summed E-state index contributed by atoms with van der Waals surface area (Å²) < 4.78 is 38.0. The number of hydrogen-bond donors (Lipinski definition) is 1. The molecule has 0 spiro atoms. The van der Waals surface area contributed by atoms with Gasteiger partial charge < -0.3 is 5.11 Å². The lowest BCUT2D eigenvalue weighted by Crippen LogP contribution is -2.04. The zero-order chi connectivity index (χ0) is 16.5. The van der Waals surface area contributed by atoms with Gasteiger partial charge in [0.05, 0.1) is 21.3 Å². The van der Waals surface area contributed by atoms with Crippen molar-refractivity contribution in [3.05, 3.63) is 56.5 Å². The van der Waals surface area contributed by atoms with Crippen LogP contribution in [-0.2, 0) is 6.18 Å². The van der Waals surface area contributed by atoms with E-state index in [9.17, 15) is 18.3 Å². The molecule has 2 rings (SSSR count). The Bertz CT molecular complexity index is 745. The van der Waals surface area contributed by atoms with E-state index >= 15 is 0 Å². The van der Waals surface area contributed by atoms with Crippen LogP contribution in [0.3, 0.4) is 0 Å². The van der Waals surface area contributed by atoms with Crippen molar-refractivity contribution in [1.29, 1.82) is 0 Å². The number of rotatable bonds is 2. The van der Waals surface area contributed by atoms with Gasteiger partial charge in [-0.25, -0.2) is 0 Å². The minimum Gasteiger partial charge on any atom is -0.506 e. The van der Waals surface area contributed by atoms with E-state index in [-0.39, 0.29) is 32.1 Å². The summed E-state index contributed by atoms with van der Waals surface area (Å²) in [6, 6.07) is 5.46. The molecule has 0 radical (unpaired) electrons. The van der Waals surface area contributed by atoms with Crippen LogP contribution in [0.15, 0.2) is 35.3 Å². The lowest BCUT2D eigenvalue weighted by atomic mass is 10.2. The monoisotopic (exact) mass is 367 g/mol. The highest BCUT2D eigenvalue weighted by Crippen LogP contribution is 2.35. The van der Waals surface area contributed by atoms with Gasteiger partial charge in [0, 0.05) is 16.8 Å². The van der Waals surface area contributed by atoms with E-state index in [0.29, 0.717) is 0 Å². The predicted molar refractivity (Wildman–Crippen MR) is 81.8 cm³/mol. The molecule has 0 aliphatic heterocycles. The molecule has 1 N–H and O–H groups in total. The van der Waals surface area contributed by atoms with Crippen LogP contribution in [0.4, 0.5) is 18.9 Å². The molecule has 0 atom stereocenters. The third-order valence-corrected chi connectivity index (χ3v) is 3.50. The summed E-state index contributed by atoms with van der Waals surface area (Å²) in [5.41, 5.74) is -0.810. The highest BCUT2D eigenvalue weighted by molar-refractivity contribution is 6.36. The Hall–Kier alpha value is -1.43. The van der Waals surface area contributed by atoms with Crippen LogP contribution in [0.5, 0.6) is 5.75 Å². The van der Waals surface area contributed by atoms with Crippen molar-refractivity contribution in [2.75, 3.05) is 0 Å². The molecular weight excluding hydrogens is 362 g/mol. The Morgan fingerprint density at radius 2 is 1.68 bits per heavy atom. The number of phenolic OH excluding ortho intramolecular Hbond substituents is 1. The number of benzene rings is 2. The lowest BCUT2D eigenvalue weighted by Gasteiger charge is -2.08. The molecule has 22 heavy (non-hydrogen) atoms. The highest BCUT2D eigenvalue weighted by Gasteiger charge is 2.30. The third-order valence-electron chi connectivity index (χ3n) is 2.67. The molecule has 0 aliphatic rings. The molecule has 0 bridgehead atoms. The van der Waals surface area contributed by atoms with Gasteiger partial charge in [-0.2, -0.15) is 13.2 Å². The molecule has 0 fully saturated rings. The van der Waals surface area contributed by atoms with Crippen molar-refractivity contribution in [1.82, 2.24) is 0 Å². The minimum absolute atomic E-state index is 0.00379. The van der Waals surface area contributed by atoms with E-state index in [0.717, 1.165) is 24.4 Å². The summed E-state index contributed by atoms with van der Waals surface area (Å²) >= 11 is 17.4. The number of phenols is 1. The SMILES string of the molecule is Oc1c(Cl)cc(Cl)cc1/C=N/c1cc(C(F)(F)F)ccc1Cl. The molecule has 2 aromatic carbocycles. The van der Waals surface area contributed by atoms with Gasteiger partial charge in [-0.15, -0.1) is 0 Å². The first-order valence-electron chi connectivity index (χ1n) is 5.77. The Morgan fingerprint density at radius 1 is 1.00 bits per heavy atom. The molecule has 116 valence electrons. The van der Waals surface area contributed by atoms with Crippen LogP contribution < -0.4 is 0 Å². The van der Waals surface area contributed by atoms with E-state index in [1.165, 1.54) is 12.1 Å². The normalized spacial score (nSPS) is 12.1. The first-order valence-corrected chi connectivity index (χ1v) is 6.90. The first kappa shape index (κ1) is 16.9. The highest BCUT2D eigenvalue weighted by atomic mass is 35.5. The maximum atomic E-state index is 12.7. The topological polar surface area (TPSA) is 32.6 Å². The number of aromatic hydroxyl groups is 1. The Balaban J connectivity index is 2.43. The number of halogens is 6. The van der Waals surface area contributed by atoms with Crippen molar-refractivity contribution >= 4 is 46.7 Å². The molecular formula is C14H7Cl3F3NO. The summed E-state index contributed by atoms with van der Waals surface area (Å²) in [6.45, 7) is 0. The van der Waals surface area contributed by atoms with E-state index in [1.54, 1.807) is 0 Å². The van der Waals surface area contributed by atoms with Crippen molar-refractivity contribution in [2.45, 2.75) is 6.18 Å². The van der Waals surface area contributed by atoms with Crippen LogP contribution in [0.2, 0.25) is 15.1 Å². The van der Waals surface area contributed by atoms with E-state index in [4.69, 9.17) is 34.8 Å². The number of aliphatic imine (C=N–C) groups is 1. The molecule has 0 heterocycles. The van der Waals surface area contributed by atoms with Gasteiger partial charge in [0.25, 0.3) is 0 Å². The van der Waals surface area contributed by atoms with E-state index in [1.807, 2.05) is 0 Å². The minimum atomic E-state index is -4.50. The summed E-state index contributed by atoms with van der Waals surface area (Å²) in [5.74, 6) is -0.280. The predicted octanol–water partition coefficient (Wildman–Crippen LogP) is 6.12. The summed E-state index contributed by atoms with van der Waals surface area (Å²) in [5, 5.41) is 10.1. The lowest BCUT2D eigenvalue weighted by molar-refractivity contribution is -0.137. The Labute approximate surface area is 138 Å². The van der Waals surface area contributed by atoms with Crippen molar-refractivity contribution in [3.8, 4) is 5.75 Å². The fraction of sp³-hybridized carbons (Fsp3) is 0.0714. The first-order chi connectivity index (χ1) is 10.2. The van der Waals surface area contributed by atoms with Gasteiger partial charge in [0.15, 0.2) is 0 Å². The summed E-state index contributed by atoms with van der Waals surface area (Å²) in [4.78, 5) is 3.86. The number of alkyl halides is 3. The molecule has 0 saturated carbocycles. The maximum absolute atomic E-state index is 12.7. The molecule has 0 unspecified atom stereocenters. The van der Waals surface area contributed by atoms with Crippen LogP contribution in [0.1, 0.15) is 11.1 Å². The van der Waals surface area contributed by atoms with Gasteiger partial charge in [-0.1, -0.05) is 34.8 Å². The maximum Gasteiger partial charge on any atom is 0.416 e. The fourth-order valence-corrected chi connectivity index (χ4v) is 2.29. The van der Waals surface area contributed by atoms with Crippen LogP contribution in [0.25, 0.3) is 0 Å². The van der Waals surface area contributed by atoms with E-state index in [2.05, 4.69) is 4.99 Å². The summed E-state index contributed by atoms with van der Waals surface area (Å²) in [6.07, 6.45) is -3.37. The average Bonchev–Trinajstić information content (AvgIpc) is 2.41. The molecule has 0 aromatic heterocycles. The van der Waals surface area contributed by atoms with Gasteiger partial charge in [-0.3, -0.25) is 4.99 Å². The standard InChI is InChI=1S/C14H7Cl3F3NO/c15-9-3-7(13(22)11(17)5-9)6-21-12-4-8(14(18,19)20)1-2-10(12)16/h1-6,22H/b21-6+. The smallest absolute Gasteiger partial charge is 0.416 e. The molecule has 2 aromatic rings. The van der Waals surface area contributed by atoms with Crippen molar-refractivity contribution < 1.29 is 18.3 Å². The largest absolute Gasteiger partial charge is 0.506 e. The summed E-state index contributed by atoms with van der Waals surface area (Å²) in [7, 11) is 0. The van der Waals surface area contributed by atoms with Crippen molar-refractivity contribution in [2.24, 2.45) is 4.99 Å². The zero-order valence-corrected chi connectivity index (χ0v) is 12.9. The second kappa shape index (κ2) is 6.36. The number of hydrogen-bond acceptors (Lipinski definition) is 2. The molecule has 0 aliphatic carbocycles. The quantitative estimate of drug-likeness (QED) is 0.636. The van der Waals surface area contributed by atoms with Crippen LogP contribution in [-0.4, -0.2) is 11.3 Å². The van der Waals surface area contributed by atoms with Gasteiger partial charge in [-0.05, 0) is 30.3 Å². The van der Waals surface area contributed by atoms with E-state index < -0.39 is 11.7 Å². The third kappa shape index (κ3) is 3.85. The Morgan fingerprint density at radius 3 is 2.32 bits per heavy atom. The molecule has 2 nitrogen and oxygen atoms in total. The average molecular weight is 369 g/mol. The zero-order valence-electron chi connectivity index (χ0n) is 10.6. The second-order valence-corrected chi connectivity index (χ2v) is 5.50. The second-order valence-electron chi connectivity index (χ2n) is 4.25.